The highest BCUT2D eigenvalue weighted by Gasteiger charge is 2.35. The number of methoxy groups -OCH3 is 1. The number of fused-ring (bicyclic) bond motifs is 1. The minimum absolute atomic E-state index is 0.0277. The van der Waals surface area contributed by atoms with E-state index in [-0.39, 0.29) is 11.8 Å². The number of hydrogen-bond acceptors (Lipinski definition) is 4. The minimum Gasteiger partial charge on any atom is -0.497 e. The third kappa shape index (κ3) is 3.17. The predicted molar refractivity (Wildman–Crippen MR) is 80.1 cm³/mol. The van der Waals surface area contributed by atoms with Crippen LogP contribution in [0.4, 0.5) is 10.5 Å². The first-order valence-electron chi connectivity index (χ1n) is 6.96. The maximum atomic E-state index is 12.4. The van der Waals surface area contributed by atoms with E-state index in [1.54, 1.807) is 25.3 Å². The number of anilines is 1. The van der Waals surface area contributed by atoms with Crippen molar-refractivity contribution >= 4 is 17.6 Å². The summed E-state index contributed by atoms with van der Waals surface area (Å²) in [5, 5.41) is 0. The Morgan fingerprint density at radius 3 is 2.57 bits per heavy atom. The minimum atomic E-state index is -0.586. The van der Waals surface area contributed by atoms with E-state index in [9.17, 15) is 9.59 Å². The normalized spacial score (nSPS) is 18.2. The Bertz CT molecular complexity index is 574. The van der Waals surface area contributed by atoms with Gasteiger partial charge in [-0.1, -0.05) is 0 Å². The van der Waals surface area contributed by atoms with Gasteiger partial charge in [-0.15, -0.1) is 0 Å². The Labute approximate surface area is 124 Å². The van der Waals surface area contributed by atoms with Crippen LogP contribution < -0.4 is 9.64 Å². The largest absolute Gasteiger partial charge is 0.497 e. The highest BCUT2D eigenvalue weighted by Crippen LogP contribution is 2.34. The van der Waals surface area contributed by atoms with Gasteiger partial charge in [-0.3, -0.25) is 9.69 Å². The molecule has 0 saturated carbocycles. The van der Waals surface area contributed by atoms with Crippen molar-refractivity contribution in [3.8, 4) is 5.75 Å². The summed E-state index contributed by atoms with van der Waals surface area (Å²) >= 11 is 0. The predicted octanol–water partition coefficient (Wildman–Crippen LogP) is 3.41. The quantitative estimate of drug-likeness (QED) is 0.795. The number of ketones is 1. The zero-order valence-electron chi connectivity index (χ0n) is 13.1. The molecule has 0 N–H and O–H groups in total. The second-order valence-corrected chi connectivity index (χ2v) is 6.21. The van der Waals surface area contributed by atoms with E-state index in [4.69, 9.17) is 9.47 Å². The summed E-state index contributed by atoms with van der Waals surface area (Å²) in [5.41, 5.74) is 0.490. The number of hydrogen-bond donors (Lipinski definition) is 0. The van der Waals surface area contributed by atoms with Gasteiger partial charge in [0.15, 0.2) is 5.78 Å². The second-order valence-electron chi connectivity index (χ2n) is 6.21. The summed E-state index contributed by atoms with van der Waals surface area (Å²) in [5.74, 6) is 0.629. The number of amides is 1. The van der Waals surface area contributed by atoms with Crippen molar-refractivity contribution in [2.75, 3.05) is 12.0 Å². The van der Waals surface area contributed by atoms with Crippen molar-refractivity contribution in [3.05, 3.63) is 23.8 Å². The molecule has 1 heterocycles. The SMILES string of the molecule is COc1ccc2c(c1)N(C(=O)OC(C)(C)C)C(C)CC2=O. The van der Waals surface area contributed by atoms with Crippen molar-refractivity contribution in [2.45, 2.75) is 45.8 Å². The lowest BCUT2D eigenvalue weighted by molar-refractivity contribution is 0.0563. The van der Waals surface area contributed by atoms with Crippen LogP contribution >= 0.6 is 0 Å². The molecule has 1 atom stereocenters. The summed E-state index contributed by atoms with van der Waals surface area (Å²) in [6.45, 7) is 7.29. The molecule has 1 aliphatic rings. The van der Waals surface area contributed by atoms with Gasteiger partial charge in [-0.25, -0.2) is 4.79 Å². The van der Waals surface area contributed by atoms with Gasteiger partial charge in [-0.05, 0) is 39.8 Å². The molecule has 1 aliphatic heterocycles. The van der Waals surface area contributed by atoms with Crippen LogP contribution in [0, 0.1) is 0 Å². The van der Waals surface area contributed by atoms with Crippen molar-refractivity contribution in [3.63, 3.8) is 0 Å². The number of ether oxygens (including phenoxy) is 2. The highest BCUT2D eigenvalue weighted by molar-refractivity contribution is 6.08. The molecular weight excluding hydrogens is 270 g/mol. The molecule has 0 bridgehead atoms. The Morgan fingerprint density at radius 2 is 2.00 bits per heavy atom. The summed E-state index contributed by atoms with van der Waals surface area (Å²) in [6.07, 6.45) is -0.157. The van der Waals surface area contributed by atoms with Crippen LogP contribution in [0.25, 0.3) is 0 Å². The van der Waals surface area contributed by atoms with Crippen molar-refractivity contribution in [1.82, 2.24) is 0 Å². The molecule has 5 heteroatoms. The fourth-order valence-corrected chi connectivity index (χ4v) is 2.37. The summed E-state index contributed by atoms with van der Waals surface area (Å²) in [6, 6.07) is 4.87. The molecule has 114 valence electrons. The zero-order chi connectivity index (χ0) is 15.8. The molecule has 1 aromatic carbocycles. The number of rotatable bonds is 1. The molecule has 5 nitrogen and oxygen atoms in total. The average molecular weight is 291 g/mol. The highest BCUT2D eigenvalue weighted by atomic mass is 16.6. The summed E-state index contributed by atoms with van der Waals surface area (Å²) in [7, 11) is 1.55. The van der Waals surface area contributed by atoms with E-state index in [1.165, 1.54) is 4.90 Å². The molecule has 1 unspecified atom stereocenters. The van der Waals surface area contributed by atoms with Crippen LogP contribution in [-0.4, -0.2) is 30.6 Å². The maximum absolute atomic E-state index is 12.4. The lowest BCUT2D eigenvalue weighted by atomic mass is 9.95. The molecule has 0 saturated heterocycles. The smallest absolute Gasteiger partial charge is 0.415 e. The van der Waals surface area contributed by atoms with Gasteiger partial charge < -0.3 is 9.47 Å². The first kappa shape index (κ1) is 15.4. The van der Waals surface area contributed by atoms with Gasteiger partial charge in [-0.2, -0.15) is 0 Å². The van der Waals surface area contributed by atoms with Gasteiger partial charge in [0, 0.05) is 24.1 Å². The number of benzene rings is 1. The summed E-state index contributed by atoms with van der Waals surface area (Å²) < 4.78 is 10.6. The summed E-state index contributed by atoms with van der Waals surface area (Å²) in [4.78, 5) is 26.1. The molecule has 0 spiro atoms. The Morgan fingerprint density at radius 1 is 1.33 bits per heavy atom. The van der Waals surface area contributed by atoms with E-state index in [0.29, 0.717) is 23.4 Å². The van der Waals surface area contributed by atoms with E-state index >= 15 is 0 Å². The first-order chi connectivity index (χ1) is 9.73. The molecule has 2 rings (SSSR count). The molecule has 0 fully saturated rings. The second kappa shape index (κ2) is 5.39. The van der Waals surface area contributed by atoms with E-state index in [0.717, 1.165) is 0 Å². The monoisotopic (exact) mass is 291 g/mol. The molecule has 1 aromatic rings. The molecule has 21 heavy (non-hydrogen) atoms. The Kier molecular flexibility index (Phi) is 3.94. The van der Waals surface area contributed by atoms with E-state index in [2.05, 4.69) is 0 Å². The van der Waals surface area contributed by atoms with Gasteiger partial charge in [0.05, 0.1) is 12.8 Å². The maximum Gasteiger partial charge on any atom is 0.415 e. The number of nitrogens with zero attached hydrogens (tertiary/aromatic N) is 1. The Hall–Kier alpha value is -2.04. The molecule has 1 amide bonds. The fourth-order valence-electron chi connectivity index (χ4n) is 2.37. The van der Waals surface area contributed by atoms with Gasteiger partial charge in [0.1, 0.15) is 11.4 Å². The molecule has 0 aromatic heterocycles. The third-order valence-electron chi connectivity index (χ3n) is 3.28. The van der Waals surface area contributed by atoms with E-state index < -0.39 is 11.7 Å². The molecule has 0 aliphatic carbocycles. The van der Waals surface area contributed by atoms with Crippen LogP contribution in [0.15, 0.2) is 18.2 Å². The first-order valence-corrected chi connectivity index (χ1v) is 6.96. The molecule has 0 radical (unpaired) electrons. The average Bonchev–Trinajstić information content (AvgIpc) is 2.35. The zero-order valence-corrected chi connectivity index (χ0v) is 13.1. The van der Waals surface area contributed by atoms with Crippen molar-refractivity contribution < 1.29 is 19.1 Å². The standard InChI is InChI=1S/C16H21NO4/c1-10-8-14(18)12-7-6-11(20-5)9-13(12)17(10)15(19)21-16(2,3)4/h6-7,9-10H,8H2,1-5H3. The fraction of sp³-hybridized carbons (Fsp3) is 0.500. The van der Waals surface area contributed by atoms with Gasteiger partial charge in [0.2, 0.25) is 0 Å². The number of carbonyl (C=O) groups excluding carboxylic acids is 2. The molecular formula is C16H21NO4. The van der Waals surface area contributed by atoms with Crippen molar-refractivity contribution in [2.24, 2.45) is 0 Å². The lowest BCUT2D eigenvalue weighted by Crippen LogP contribution is -2.46. The van der Waals surface area contributed by atoms with Crippen molar-refractivity contribution in [1.29, 1.82) is 0 Å². The van der Waals surface area contributed by atoms with Gasteiger partial charge >= 0.3 is 6.09 Å². The number of Topliss-reactive ketones (excluding diaryl/α,β-unsaturated/α-hetero) is 1. The number of carbonyl (C=O) groups is 2. The third-order valence-corrected chi connectivity index (χ3v) is 3.28. The topological polar surface area (TPSA) is 55.8 Å². The van der Waals surface area contributed by atoms with Crippen LogP contribution in [-0.2, 0) is 4.74 Å². The van der Waals surface area contributed by atoms with E-state index in [1.807, 2.05) is 27.7 Å². The van der Waals surface area contributed by atoms with Crippen LogP contribution in [0.5, 0.6) is 5.75 Å². The Balaban J connectivity index is 2.44. The van der Waals surface area contributed by atoms with Crippen LogP contribution in [0.2, 0.25) is 0 Å². The lowest BCUT2D eigenvalue weighted by Gasteiger charge is -2.35. The van der Waals surface area contributed by atoms with Gasteiger partial charge in [0.25, 0.3) is 0 Å². The van der Waals surface area contributed by atoms with Crippen LogP contribution in [0.3, 0.4) is 0 Å². The van der Waals surface area contributed by atoms with Crippen LogP contribution in [0.1, 0.15) is 44.5 Å².